The van der Waals surface area contributed by atoms with E-state index < -0.39 is 5.79 Å². The number of ether oxygens (including phenoxy) is 3. The molecule has 0 N–H and O–H groups in total. The molecule has 0 amide bonds. The van der Waals surface area contributed by atoms with Crippen LogP contribution in [0.25, 0.3) is 0 Å². The van der Waals surface area contributed by atoms with Gasteiger partial charge in [-0.25, -0.2) is 0 Å². The molecule has 1 fully saturated rings. The summed E-state index contributed by atoms with van der Waals surface area (Å²) in [6, 6.07) is 18.8. The Labute approximate surface area is 131 Å². The quantitative estimate of drug-likeness (QED) is 0.863. The fourth-order valence-corrected chi connectivity index (χ4v) is 2.65. The maximum Gasteiger partial charge on any atom is 0.226 e. The molecule has 1 radical (unpaired) electrons. The molecule has 22 heavy (non-hydrogen) atoms. The van der Waals surface area contributed by atoms with E-state index in [0.29, 0.717) is 13.2 Å². The molecule has 1 aliphatic rings. The summed E-state index contributed by atoms with van der Waals surface area (Å²) in [5, 5.41) is 0. The summed E-state index contributed by atoms with van der Waals surface area (Å²) in [5.74, 6) is -0.219. The first kappa shape index (κ1) is 15.1. The molecule has 115 valence electrons. The summed E-state index contributed by atoms with van der Waals surface area (Å²) < 4.78 is 18.0. The zero-order valence-electron chi connectivity index (χ0n) is 13.3. The van der Waals surface area contributed by atoms with Gasteiger partial charge in [-0.15, -0.1) is 0 Å². The van der Waals surface area contributed by atoms with Gasteiger partial charge in [0.05, 0.1) is 25.9 Å². The van der Waals surface area contributed by atoms with E-state index in [9.17, 15) is 0 Å². The molecule has 0 aromatic heterocycles. The molecule has 3 heteroatoms. The minimum atomic E-state index is -0.969. The largest absolute Gasteiger partial charge is 0.496 e. The monoisotopic (exact) mass is 297 g/mol. The minimum absolute atomic E-state index is 0.0136. The Kier molecular flexibility index (Phi) is 3.94. The molecule has 2 aromatic carbocycles. The highest BCUT2D eigenvalue weighted by molar-refractivity contribution is 5.43. The highest BCUT2D eigenvalue weighted by Crippen LogP contribution is 2.44. The molecule has 0 atom stereocenters. The van der Waals surface area contributed by atoms with Gasteiger partial charge in [0.1, 0.15) is 5.75 Å². The van der Waals surface area contributed by atoms with Crippen LogP contribution in [0.2, 0.25) is 0 Å². The minimum Gasteiger partial charge on any atom is -0.496 e. The second kappa shape index (κ2) is 5.75. The van der Waals surface area contributed by atoms with Crippen molar-refractivity contribution < 1.29 is 14.2 Å². The van der Waals surface area contributed by atoms with E-state index in [4.69, 9.17) is 14.2 Å². The highest BCUT2D eigenvalue weighted by Gasteiger charge is 2.45. The first-order valence-electron chi connectivity index (χ1n) is 7.46. The van der Waals surface area contributed by atoms with Crippen LogP contribution in [0.3, 0.4) is 0 Å². The molecule has 3 nitrogen and oxygen atoms in total. The van der Waals surface area contributed by atoms with Crippen LogP contribution in [0.4, 0.5) is 0 Å². The number of benzene rings is 2. The Bertz CT molecular complexity index is 624. The fraction of sp³-hybridized carbons (Fsp3) is 0.368. The van der Waals surface area contributed by atoms with Crippen molar-refractivity contribution in [3.63, 3.8) is 0 Å². The van der Waals surface area contributed by atoms with Gasteiger partial charge >= 0.3 is 0 Å². The van der Waals surface area contributed by atoms with Crippen LogP contribution in [-0.4, -0.2) is 20.3 Å². The third-order valence-corrected chi connectivity index (χ3v) is 3.86. The van der Waals surface area contributed by atoms with Crippen molar-refractivity contribution in [3.8, 4) is 5.75 Å². The lowest BCUT2D eigenvalue weighted by atomic mass is 9.90. The van der Waals surface area contributed by atoms with Crippen molar-refractivity contribution in [2.24, 2.45) is 5.41 Å². The van der Waals surface area contributed by atoms with E-state index in [1.807, 2.05) is 48.5 Å². The number of methoxy groups -OCH3 is 1. The van der Waals surface area contributed by atoms with Gasteiger partial charge in [0.15, 0.2) is 0 Å². The normalized spacial score (nSPS) is 19.6. The van der Waals surface area contributed by atoms with Crippen molar-refractivity contribution in [1.82, 2.24) is 0 Å². The van der Waals surface area contributed by atoms with Gasteiger partial charge in [0.25, 0.3) is 0 Å². The van der Waals surface area contributed by atoms with Crippen molar-refractivity contribution >= 4 is 0 Å². The van der Waals surface area contributed by atoms with Crippen LogP contribution < -0.4 is 4.74 Å². The van der Waals surface area contributed by atoms with E-state index in [1.54, 1.807) is 7.11 Å². The Balaban J connectivity index is 2.12. The predicted molar refractivity (Wildman–Crippen MR) is 84.7 cm³/mol. The second-order valence-electron chi connectivity index (χ2n) is 6.33. The lowest BCUT2D eigenvalue weighted by Crippen LogP contribution is -2.46. The molecule has 2 aromatic rings. The third-order valence-electron chi connectivity index (χ3n) is 3.86. The van der Waals surface area contributed by atoms with Gasteiger partial charge < -0.3 is 14.2 Å². The van der Waals surface area contributed by atoms with E-state index in [0.717, 1.165) is 16.9 Å². The zero-order valence-corrected chi connectivity index (χ0v) is 13.3. The average molecular weight is 297 g/mol. The number of para-hydroxylation sites is 1. The number of hydrogen-bond donors (Lipinski definition) is 0. The molecule has 0 unspecified atom stereocenters. The Morgan fingerprint density at radius 3 is 2.32 bits per heavy atom. The van der Waals surface area contributed by atoms with E-state index >= 15 is 0 Å². The van der Waals surface area contributed by atoms with Crippen LogP contribution >= 0.6 is 0 Å². The Morgan fingerprint density at radius 1 is 1.00 bits per heavy atom. The molecular formula is C19H21O3. The van der Waals surface area contributed by atoms with Crippen LogP contribution in [0.1, 0.15) is 25.0 Å². The molecule has 0 saturated carbocycles. The van der Waals surface area contributed by atoms with Crippen LogP contribution in [0.5, 0.6) is 5.75 Å². The van der Waals surface area contributed by atoms with E-state index in [2.05, 4.69) is 19.9 Å². The first-order valence-corrected chi connectivity index (χ1v) is 7.46. The highest BCUT2D eigenvalue weighted by atomic mass is 16.7. The summed E-state index contributed by atoms with van der Waals surface area (Å²) in [6.07, 6.45) is 0. The topological polar surface area (TPSA) is 27.7 Å². The van der Waals surface area contributed by atoms with Gasteiger partial charge in [0.2, 0.25) is 5.79 Å². The maximum absolute atomic E-state index is 6.26. The molecule has 1 saturated heterocycles. The summed E-state index contributed by atoms with van der Waals surface area (Å²) in [4.78, 5) is 0. The van der Waals surface area contributed by atoms with Gasteiger partial charge in [0, 0.05) is 11.0 Å². The van der Waals surface area contributed by atoms with E-state index in [1.165, 1.54) is 0 Å². The van der Waals surface area contributed by atoms with Crippen molar-refractivity contribution in [2.45, 2.75) is 19.6 Å². The molecular weight excluding hydrogens is 276 g/mol. The second-order valence-corrected chi connectivity index (χ2v) is 6.33. The van der Waals surface area contributed by atoms with Crippen LogP contribution in [-0.2, 0) is 15.3 Å². The maximum atomic E-state index is 6.26. The third kappa shape index (κ3) is 2.62. The van der Waals surface area contributed by atoms with Gasteiger partial charge in [-0.3, -0.25) is 0 Å². The summed E-state index contributed by atoms with van der Waals surface area (Å²) in [5.41, 5.74) is 1.71. The molecule has 1 aliphatic heterocycles. The Morgan fingerprint density at radius 2 is 1.68 bits per heavy atom. The number of hydrogen-bond acceptors (Lipinski definition) is 3. The van der Waals surface area contributed by atoms with Crippen molar-refractivity contribution in [1.29, 1.82) is 0 Å². The van der Waals surface area contributed by atoms with Gasteiger partial charge in [-0.05, 0) is 18.2 Å². The van der Waals surface area contributed by atoms with Crippen molar-refractivity contribution in [3.05, 3.63) is 65.7 Å². The lowest BCUT2D eigenvalue weighted by Gasteiger charge is -2.44. The molecule has 3 rings (SSSR count). The molecule has 1 heterocycles. The zero-order chi connectivity index (χ0) is 15.6. The van der Waals surface area contributed by atoms with Crippen LogP contribution in [0.15, 0.2) is 48.5 Å². The SMILES string of the molecule is COc1ccccc1C1(c2[c]cccc2)OCC(C)(C)CO1. The van der Waals surface area contributed by atoms with Gasteiger partial charge in [-0.2, -0.15) is 0 Å². The summed E-state index contributed by atoms with van der Waals surface area (Å²) in [6.45, 7) is 5.48. The molecule has 0 spiro atoms. The summed E-state index contributed by atoms with van der Waals surface area (Å²) >= 11 is 0. The van der Waals surface area contributed by atoms with Crippen LogP contribution in [0, 0.1) is 11.5 Å². The average Bonchev–Trinajstić information content (AvgIpc) is 2.56. The standard InChI is InChI=1S/C19H21O3/c1-18(2)13-21-19(22-14-18,15-9-5-4-6-10-15)16-11-7-8-12-17(16)20-3/h4-9,11-12H,13-14H2,1-3H3. The lowest BCUT2D eigenvalue weighted by molar-refractivity contribution is -0.284. The van der Waals surface area contributed by atoms with Crippen molar-refractivity contribution in [2.75, 3.05) is 20.3 Å². The van der Waals surface area contributed by atoms with E-state index in [-0.39, 0.29) is 5.41 Å². The molecule has 0 bridgehead atoms. The first-order chi connectivity index (χ1) is 10.6. The number of rotatable bonds is 3. The van der Waals surface area contributed by atoms with Gasteiger partial charge in [-0.1, -0.05) is 50.2 Å². The summed E-state index contributed by atoms with van der Waals surface area (Å²) in [7, 11) is 1.66. The predicted octanol–water partition coefficient (Wildman–Crippen LogP) is 3.77. The smallest absolute Gasteiger partial charge is 0.226 e. The molecule has 0 aliphatic carbocycles. The Hall–Kier alpha value is -1.84. The fourth-order valence-electron chi connectivity index (χ4n) is 2.65.